The number of nitrogen functional groups attached to an aromatic ring is 1. The Morgan fingerprint density at radius 2 is 1.81 bits per heavy atom. The summed E-state index contributed by atoms with van der Waals surface area (Å²) in [7, 11) is 1.48. The first-order valence-corrected chi connectivity index (χ1v) is 9.75. The maximum absolute atomic E-state index is 13.6. The van der Waals surface area contributed by atoms with E-state index in [9.17, 15) is 18.0 Å². The summed E-state index contributed by atoms with van der Waals surface area (Å²) in [6.45, 7) is 0.350. The van der Waals surface area contributed by atoms with Crippen molar-refractivity contribution < 1.29 is 22.7 Å². The van der Waals surface area contributed by atoms with Crippen molar-refractivity contribution in [3.05, 3.63) is 76.6 Å². The van der Waals surface area contributed by atoms with Gasteiger partial charge in [0.1, 0.15) is 17.3 Å². The highest BCUT2D eigenvalue weighted by Gasteiger charge is 2.43. The molecule has 0 unspecified atom stereocenters. The second kappa shape index (κ2) is 8.03. The predicted molar refractivity (Wildman–Crippen MR) is 111 cm³/mol. The molecule has 32 heavy (non-hydrogen) atoms. The van der Waals surface area contributed by atoms with Crippen LogP contribution in [-0.4, -0.2) is 40.1 Å². The van der Waals surface area contributed by atoms with E-state index in [0.717, 1.165) is 10.2 Å². The highest BCUT2D eigenvalue weighted by atomic mass is 19.4. The second-order valence-electron chi connectivity index (χ2n) is 7.37. The van der Waals surface area contributed by atoms with Crippen LogP contribution in [0.1, 0.15) is 32.9 Å². The zero-order valence-electron chi connectivity index (χ0n) is 17.1. The van der Waals surface area contributed by atoms with E-state index in [1.807, 2.05) is 0 Å². The molecular formula is C22H20F3N5O2. The van der Waals surface area contributed by atoms with Crippen LogP contribution in [0.15, 0.2) is 48.5 Å². The summed E-state index contributed by atoms with van der Waals surface area (Å²) in [5.41, 5.74) is 5.89. The third-order valence-electron chi connectivity index (χ3n) is 5.33. The van der Waals surface area contributed by atoms with Crippen molar-refractivity contribution in [3.63, 3.8) is 0 Å². The lowest BCUT2D eigenvalue weighted by Gasteiger charge is -2.28. The smallest absolute Gasteiger partial charge is 0.435 e. The molecule has 0 aliphatic carbocycles. The number of ether oxygens (including phenoxy) is 1. The average Bonchev–Trinajstić information content (AvgIpc) is 3.17. The Bertz CT molecular complexity index is 1170. The largest absolute Gasteiger partial charge is 0.497 e. The molecule has 0 spiro atoms. The summed E-state index contributed by atoms with van der Waals surface area (Å²) in [5.74, 6) is -0.0631. The molecule has 10 heteroatoms. The molecule has 0 saturated heterocycles. The molecule has 3 aromatic rings. The number of hydrogen-bond donors (Lipinski definition) is 2. The number of carbonyl (C=O) groups excluding carboxylic acids is 1. The van der Waals surface area contributed by atoms with E-state index in [1.165, 1.54) is 12.0 Å². The van der Waals surface area contributed by atoms with Crippen LogP contribution in [0, 0.1) is 5.41 Å². The summed E-state index contributed by atoms with van der Waals surface area (Å²) in [5, 5.41) is 11.2. The standard InChI is InChI=1S/C22H20F3N5O2/c1-32-16-8-6-15(7-9-16)30-18-17(19(28-30)22(23,24)25)10-11-29(21(18)31)12-13-2-4-14(5-3-13)20(26)27/h2-9H,10-12H2,1H3,(H3,26,27). The number of nitrogens with one attached hydrogen (secondary N) is 1. The number of amidine groups is 1. The highest BCUT2D eigenvalue weighted by molar-refractivity contribution is 5.96. The Morgan fingerprint density at radius 3 is 2.38 bits per heavy atom. The topological polar surface area (TPSA) is 97.2 Å². The molecule has 1 aliphatic heterocycles. The van der Waals surface area contributed by atoms with E-state index in [-0.39, 0.29) is 36.6 Å². The first-order valence-electron chi connectivity index (χ1n) is 9.75. The van der Waals surface area contributed by atoms with Crippen LogP contribution >= 0.6 is 0 Å². The Kier molecular flexibility index (Phi) is 5.37. The first kappa shape index (κ1) is 21.4. The number of rotatable bonds is 5. The summed E-state index contributed by atoms with van der Waals surface area (Å²) < 4.78 is 47.1. The van der Waals surface area contributed by atoms with Crippen molar-refractivity contribution in [2.75, 3.05) is 13.7 Å². The quantitative estimate of drug-likeness (QED) is 0.467. The molecule has 166 valence electrons. The molecule has 3 N–H and O–H groups in total. The minimum Gasteiger partial charge on any atom is -0.497 e. The van der Waals surface area contributed by atoms with Gasteiger partial charge < -0.3 is 15.4 Å². The molecule has 1 amide bonds. The molecule has 4 rings (SSSR count). The molecule has 0 fully saturated rings. The number of fused-ring (bicyclic) bond motifs is 1. The second-order valence-corrected chi connectivity index (χ2v) is 7.37. The van der Waals surface area contributed by atoms with Crippen LogP contribution < -0.4 is 10.5 Å². The van der Waals surface area contributed by atoms with Gasteiger partial charge in [-0.25, -0.2) is 4.68 Å². The lowest BCUT2D eigenvalue weighted by Crippen LogP contribution is -2.38. The van der Waals surface area contributed by atoms with Gasteiger partial charge in [-0.15, -0.1) is 0 Å². The molecular weight excluding hydrogens is 423 g/mol. The van der Waals surface area contributed by atoms with Crippen LogP contribution in [0.3, 0.4) is 0 Å². The van der Waals surface area contributed by atoms with Gasteiger partial charge in [0.2, 0.25) is 0 Å². The van der Waals surface area contributed by atoms with Gasteiger partial charge in [-0.3, -0.25) is 10.2 Å². The van der Waals surface area contributed by atoms with Crippen LogP contribution in [-0.2, 0) is 19.1 Å². The van der Waals surface area contributed by atoms with Crippen molar-refractivity contribution in [3.8, 4) is 11.4 Å². The van der Waals surface area contributed by atoms with E-state index in [0.29, 0.717) is 17.0 Å². The third-order valence-corrected chi connectivity index (χ3v) is 5.33. The van der Waals surface area contributed by atoms with Gasteiger partial charge >= 0.3 is 6.18 Å². The molecule has 0 bridgehead atoms. The number of nitrogens with zero attached hydrogens (tertiary/aromatic N) is 3. The van der Waals surface area contributed by atoms with Crippen LogP contribution in [0.4, 0.5) is 13.2 Å². The van der Waals surface area contributed by atoms with Gasteiger partial charge in [0, 0.05) is 24.2 Å². The fourth-order valence-electron chi connectivity index (χ4n) is 3.70. The number of halogens is 3. The first-order chi connectivity index (χ1) is 15.2. The summed E-state index contributed by atoms with van der Waals surface area (Å²) >= 11 is 0. The molecule has 0 atom stereocenters. The van der Waals surface area contributed by atoms with E-state index in [2.05, 4.69) is 5.10 Å². The average molecular weight is 443 g/mol. The minimum absolute atomic E-state index is 0.0393. The lowest BCUT2D eigenvalue weighted by atomic mass is 10.0. The van der Waals surface area contributed by atoms with Crippen molar-refractivity contribution in [2.45, 2.75) is 19.1 Å². The summed E-state index contributed by atoms with van der Waals surface area (Å²) in [6.07, 6.45) is -4.63. The van der Waals surface area contributed by atoms with Crippen LogP contribution in [0.5, 0.6) is 5.75 Å². The van der Waals surface area contributed by atoms with Crippen LogP contribution in [0.2, 0.25) is 0 Å². The normalized spacial score (nSPS) is 13.8. The molecule has 0 radical (unpaired) electrons. The molecule has 0 saturated carbocycles. The Balaban J connectivity index is 1.71. The number of hydrogen-bond acceptors (Lipinski definition) is 4. The van der Waals surface area contributed by atoms with Crippen molar-refractivity contribution in [2.24, 2.45) is 5.73 Å². The SMILES string of the molecule is COc1ccc(-n2nc(C(F)(F)F)c3c2C(=O)N(Cc2ccc(C(=N)N)cc2)CC3)cc1. The van der Waals surface area contributed by atoms with Gasteiger partial charge in [-0.05, 0) is 36.2 Å². The molecule has 7 nitrogen and oxygen atoms in total. The molecule has 1 aromatic heterocycles. The zero-order valence-corrected chi connectivity index (χ0v) is 17.1. The molecule has 2 heterocycles. The number of benzene rings is 2. The monoisotopic (exact) mass is 443 g/mol. The number of methoxy groups -OCH3 is 1. The van der Waals surface area contributed by atoms with Crippen molar-refractivity contribution in [1.82, 2.24) is 14.7 Å². The van der Waals surface area contributed by atoms with E-state index in [4.69, 9.17) is 15.9 Å². The number of amides is 1. The minimum atomic E-state index is -4.67. The lowest BCUT2D eigenvalue weighted by molar-refractivity contribution is -0.142. The van der Waals surface area contributed by atoms with Crippen LogP contribution in [0.25, 0.3) is 5.69 Å². The third kappa shape index (κ3) is 3.91. The van der Waals surface area contributed by atoms with E-state index < -0.39 is 17.8 Å². The number of carbonyl (C=O) groups is 1. The highest BCUT2D eigenvalue weighted by Crippen LogP contribution is 2.36. The number of aromatic nitrogens is 2. The maximum Gasteiger partial charge on any atom is 0.435 e. The predicted octanol–water partition coefficient (Wildman–Crippen LogP) is 3.38. The maximum atomic E-state index is 13.6. The molecule has 2 aromatic carbocycles. The van der Waals surface area contributed by atoms with Crippen molar-refractivity contribution >= 4 is 11.7 Å². The van der Waals surface area contributed by atoms with Gasteiger partial charge in [0.25, 0.3) is 5.91 Å². The fourth-order valence-corrected chi connectivity index (χ4v) is 3.70. The van der Waals surface area contributed by atoms with Gasteiger partial charge in [0.15, 0.2) is 5.69 Å². The Hall–Kier alpha value is -3.82. The summed E-state index contributed by atoms with van der Waals surface area (Å²) in [4.78, 5) is 14.8. The Labute approximate surface area is 181 Å². The molecule has 1 aliphatic rings. The van der Waals surface area contributed by atoms with Gasteiger partial charge in [-0.1, -0.05) is 24.3 Å². The number of alkyl halides is 3. The van der Waals surface area contributed by atoms with Gasteiger partial charge in [0.05, 0.1) is 12.8 Å². The zero-order chi connectivity index (χ0) is 23.0. The van der Waals surface area contributed by atoms with Gasteiger partial charge in [-0.2, -0.15) is 18.3 Å². The van der Waals surface area contributed by atoms with Crippen molar-refractivity contribution in [1.29, 1.82) is 5.41 Å². The number of nitrogens with two attached hydrogens (primary N) is 1. The fraction of sp³-hybridized carbons (Fsp3) is 0.227. The Morgan fingerprint density at radius 1 is 1.16 bits per heavy atom. The van der Waals surface area contributed by atoms with E-state index in [1.54, 1.807) is 48.5 Å². The van der Waals surface area contributed by atoms with E-state index >= 15 is 0 Å². The summed E-state index contributed by atoms with van der Waals surface area (Å²) in [6, 6.07) is 13.1.